The fourth-order valence-corrected chi connectivity index (χ4v) is 12.7. The van der Waals surface area contributed by atoms with E-state index in [-0.39, 0.29) is 53.9 Å². The molecule has 2 saturated carbocycles. The molecule has 4 bridgehead atoms. The fraction of sp³-hybridized carbons (Fsp3) is 0.579. The van der Waals surface area contributed by atoms with Gasteiger partial charge in [0.05, 0.1) is 0 Å². The molecule has 2 spiro atoms. The lowest BCUT2D eigenvalue weighted by atomic mass is 9.55. The van der Waals surface area contributed by atoms with Crippen LogP contribution in [0.25, 0.3) is 0 Å². The number of allylic oxidation sites excluding steroid dienone is 2. The van der Waals surface area contributed by atoms with Crippen LogP contribution >= 0.6 is 0 Å². The number of anilines is 2. The van der Waals surface area contributed by atoms with Gasteiger partial charge in [-0.05, 0) is 91.6 Å². The van der Waals surface area contributed by atoms with Crippen molar-refractivity contribution in [3.8, 4) is 0 Å². The number of para-hydroxylation sites is 1. The normalized spacial score (nSPS) is 43.5. The lowest BCUT2D eigenvalue weighted by Crippen LogP contribution is -2.62. The van der Waals surface area contributed by atoms with E-state index in [1.807, 2.05) is 0 Å². The average Bonchev–Trinajstić information content (AvgIpc) is 3.82. The number of rotatable bonds is 4. The van der Waals surface area contributed by atoms with Gasteiger partial charge >= 0.3 is 0 Å². The first kappa shape index (κ1) is 26.4. The molecule has 3 saturated heterocycles. The van der Waals surface area contributed by atoms with Crippen molar-refractivity contribution in [3.63, 3.8) is 0 Å². The molecule has 6 heterocycles. The molecule has 0 unspecified atom stereocenters. The summed E-state index contributed by atoms with van der Waals surface area (Å²) in [6, 6.07) is 17.9. The maximum absolute atomic E-state index is 11.0. The number of nitrogens with zero attached hydrogens (tertiary/aromatic N) is 2. The molecular formula is C38H46N4O2. The van der Waals surface area contributed by atoms with Crippen LogP contribution in [0.5, 0.6) is 0 Å². The SMILES string of the molecule is C/C=C1/CN2CC[C@]34c5cc([C@@H](C)C6=CN7CC[C@]89c%10ccccc%10N[C@H]8[C@@H](CO)[C@H]6C[C@H]79)ccc5N[C@H]3[C@H](CO)[C@H]1C[C@H]24. The first-order valence-electron chi connectivity index (χ1n) is 17.4. The van der Waals surface area contributed by atoms with Crippen LogP contribution in [-0.4, -0.2) is 77.0 Å². The molecule has 44 heavy (non-hydrogen) atoms. The highest BCUT2D eigenvalue weighted by molar-refractivity contribution is 5.67. The highest BCUT2D eigenvalue weighted by Crippen LogP contribution is 2.64. The van der Waals surface area contributed by atoms with Crippen LogP contribution < -0.4 is 10.6 Å². The number of benzene rings is 2. The molecule has 0 amide bonds. The molecule has 8 aliphatic rings. The molecule has 10 rings (SSSR count). The summed E-state index contributed by atoms with van der Waals surface area (Å²) in [6.07, 6.45) is 9.49. The van der Waals surface area contributed by atoms with Crippen molar-refractivity contribution < 1.29 is 10.2 Å². The molecule has 4 N–H and O–H groups in total. The monoisotopic (exact) mass is 590 g/mol. The summed E-state index contributed by atoms with van der Waals surface area (Å²) in [6.45, 7) is 8.38. The molecule has 2 aliphatic carbocycles. The van der Waals surface area contributed by atoms with Crippen molar-refractivity contribution in [2.24, 2.45) is 23.7 Å². The Balaban J connectivity index is 1.03. The van der Waals surface area contributed by atoms with Crippen molar-refractivity contribution >= 4 is 11.4 Å². The molecule has 2 aromatic rings. The first-order valence-corrected chi connectivity index (χ1v) is 17.4. The predicted molar refractivity (Wildman–Crippen MR) is 174 cm³/mol. The van der Waals surface area contributed by atoms with Gasteiger partial charge in [-0.3, -0.25) is 4.90 Å². The Kier molecular flexibility index (Phi) is 5.36. The van der Waals surface area contributed by atoms with Crippen LogP contribution in [0.3, 0.4) is 0 Å². The number of aliphatic hydroxyl groups is 2. The third-order valence-electron chi connectivity index (χ3n) is 14.6. The van der Waals surface area contributed by atoms with Crippen LogP contribution in [0.2, 0.25) is 0 Å². The summed E-state index contributed by atoms with van der Waals surface area (Å²) in [7, 11) is 0. The van der Waals surface area contributed by atoms with Gasteiger partial charge in [0.2, 0.25) is 0 Å². The smallest absolute Gasteiger partial charge is 0.0484 e. The third kappa shape index (κ3) is 2.95. The molecule has 5 fully saturated rings. The fourth-order valence-electron chi connectivity index (χ4n) is 12.7. The minimum atomic E-state index is 0.0762. The van der Waals surface area contributed by atoms with E-state index in [0.29, 0.717) is 23.9 Å². The quantitative estimate of drug-likeness (QED) is 0.383. The zero-order valence-electron chi connectivity index (χ0n) is 26.0. The topological polar surface area (TPSA) is 71.0 Å². The van der Waals surface area contributed by atoms with Crippen molar-refractivity contribution in [1.29, 1.82) is 0 Å². The van der Waals surface area contributed by atoms with Crippen LogP contribution in [0.1, 0.15) is 62.1 Å². The van der Waals surface area contributed by atoms with Crippen molar-refractivity contribution in [1.82, 2.24) is 9.80 Å². The van der Waals surface area contributed by atoms with Crippen LogP contribution in [-0.2, 0) is 10.8 Å². The van der Waals surface area contributed by atoms with Crippen LogP contribution in [0.15, 0.2) is 65.9 Å². The number of hydrogen-bond acceptors (Lipinski definition) is 6. The molecular weight excluding hydrogens is 544 g/mol. The maximum atomic E-state index is 11.0. The van der Waals surface area contributed by atoms with Gasteiger partial charge in [0.15, 0.2) is 0 Å². The van der Waals surface area contributed by atoms with Crippen LogP contribution in [0, 0.1) is 23.7 Å². The first-order chi connectivity index (χ1) is 21.5. The Labute approximate surface area is 261 Å². The molecule has 2 aromatic carbocycles. The maximum Gasteiger partial charge on any atom is 0.0484 e. The lowest BCUT2D eigenvalue weighted by molar-refractivity contribution is 0.0298. The van der Waals surface area contributed by atoms with Gasteiger partial charge in [-0.2, -0.15) is 0 Å². The van der Waals surface area contributed by atoms with Gasteiger partial charge in [0.1, 0.15) is 0 Å². The summed E-state index contributed by atoms with van der Waals surface area (Å²) < 4.78 is 0. The molecule has 0 radical (unpaired) electrons. The van der Waals surface area contributed by atoms with E-state index in [2.05, 4.69) is 89.0 Å². The van der Waals surface area contributed by atoms with Gasteiger partial charge in [0, 0.05) is 90.4 Å². The largest absolute Gasteiger partial charge is 0.396 e. The summed E-state index contributed by atoms with van der Waals surface area (Å²) >= 11 is 0. The Morgan fingerprint density at radius 1 is 0.886 bits per heavy atom. The summed E-state index contributed by atoms with van der Waals surface area (Å²) in [5.74, 6) is 1.61. The highest BCUT2D eigenvalue weighted by atomic mass is 16.3. The molecule has 6 nitrogen and oxygen atoms in total. The standard InChI is InChI=1S/C38H46N4O2/c1-3-22-17-41-12-11-38-30-14-23(8-9-32(30)40-35(38)27(19-43)24(22)15-33(38)41)21(2)26-18-42-13-10-37-29-6-4-5-7-31(29)39-36(37)28(20-44)25(26)16-34(37)42/h3-9,14,18,21,24-25,27-28,33-36,39-40,43-44H,10-13,15-17,19-20H2,1-2H3/b22-3-/t21-,24+,25+,27-,28+,33+,34+,35+,36+,37-,38-/m1/s1. The zero-order valence-corrected chi connectivity index (χ0v) is 26.0. The second kappa shape index (κ2) is 8.92. The van der Waals surface area contributed by atoms with Crippen molar-refractivity contribution in [2.75, 3.05) is 43.5 Å². The van der Waals surface area contributed by atoms with E-state index in [1.165, 1.54) is 52.1 Å². The van der Waals surface area contributed by atoms with Crippen molar-refractivity contribution in [3.05, 3.63) is 82.6 Å². The average molecular weight is 591 g/mol. The van der Waals surface area contributed by atoms with E-state index in [4.69, 9.17) is 0 Å². The van der Waals surface area contributed by atoms with Gasteiger partial charge in [-0.15, -0.1) is 0 Å². The van der Waals surface area contributed by atoms with Gasteiger partial charge in [-0.25, -0.2) is 0 Å². The zero-order chi connectivity index (χ0) is 29.5. The number of fused-ring (bicyclic) bond motifs is 4. The second-order valence-electron chi connectivity index (χ2n) is 15.5. The van der Waals surface area contributed by atoms with E-state index in [9.17, 15) is 10.2 Å². The van der Waals surface area contributed by atoms with Gasteiger partial charge < -0.3 is 25.7 Å². The lowest BCUT2D eigenvalue weighted by Gasteiger charge is -2.55. The Hall–Kier alpha value is -2.80. The summed E-state index contributed by atoms with van der Waals surface area (Å²) in [4.78, 5) is 5.43. The van der Waals surface area contributed by atoms with E-state index >= 15 is 0 Å². The van der Waals surface area contributed by atoms with E-state index in [1.54, 1.807) is 0 Å². The molecule has 230 valence electrons. The van der Waals surface area contributed by atoms with Gasteiger partial charge in [0.25, 0.3) is 0 Å². The Morgan fingerprint density at radius 3 is 2.39 bits per heavy atom. The molecule has 11 atom stereocenters. The third-order valence-corrected chi connectivity index (χ3v) is 14.6. The number of hydrogen-bond donors (Lipinski definition) is 4. The molecule has 6 aliphatic heterocycles. The Morgan fingerprint density at radius 2 is 1.59 bits per heavy atom. The minimum Gasteiger partial charge on any atom is -0.396 e. The predicted octanol–water partition coefficient (Wildman–Crippen LogP) is 4.82. The molecule has 0 aromatic heterocycles. The second-order valence-corrected chi connectivity index (χ2v) is 15.5. The highest BCUT2D eigenvalue weighted by Gasteiger charge is 2.66. The number of aliphatic hydroxyl groups excluding tert-OH is 2. The van der Waals surface area contributed by atoms with E-state index < -0.39 is 0 Å². The number of nitrogens with one attached hydrogen (secondary N) is 2. The Bertz CT molecular complexity index is 1620. The van der Waals surface area contributed by atoms with Crippen molar-refractivity contribution in [2.45, 2.75) is 80.4 Å². The van der Waals surface area contributed by atoms with E-state index in [0.717, 1.165) is 32.5 Å². The minimum absolute atomic E-state index is 0.0762. The summed E-state index contributed by atoms with van der Waals surface area (Å²) in [5, 5.41) is 29.7. The summed E-state index contributed by atoms with van der Waals surface area (Å²) in [5.41, 5.74) is 10.2. The molecule has 6 heteroatoms. The van der Waals surface area contributed by atoms with Crippen LogP contribution in [0.4, 0.5) is 11.4 Å². The number of piperidine rings is 1. The van der Waals surface area contributed by atoms with Gasteiger partial charge in [-0.1, -0.05) is 48.9 Å².